The second-order valence-corrected chi connectivity index (χ2v) is 17.5. The molecule has 1 aliphatic heterocycles. The van der Waals surface area contributed by atoms with Crippen LogP contribution in [-0.2, 0) is 24.5 Å². The summed E-state index contributed by atoms with van der Waals surface area (Å²) in [4.78, 5) is 39.8. The number of carbonyl (C=O) groups excluding carboxylic acids is 1. The number of aromatic nitrogens is 2. The van der Waals surface area contributed by atoms with Crippen molar-refractivity contribution in [2.45, 2.75) is 88.1 Å². The maximum absolute atomic E-state index is 13.0. The first-order valence-corrected chi connectivity index (χ1v) is 21.7. The van der Waals surface area contributed by atoms with Crippen LogP contribution in [0.1, 0.15) is 80.9 Å². The Morgan fingerprint density at radius 1 is 0.947 bits per heavy atom. The van der Waals surface area contributed by atoms with Crippen molar-refractivity contribution >= 4 is 27.7 Å². The lowest BCUT2D eigenvalue weighted by molar-refractivity contribution is -0.100. The molecule has 3 aromatic carbocycles. The lowest BCUT2D eigenvalue weighted by Gasteiger charge is -2.37. The van der Waals surface area contributed by atoms with Gasteiger partial charge in [0.1, 0.15) is 29.6 Å². The number of rotatable bonds is 22. The number of ether oxygens (including phenoxy) is 5. The Hall–Kier alpha value is -4.05. The number of aryl methyl sites for hydroxylation is 1. The van der Waals surface area contributed by atoms with E-state index in [1.165, 1.54) is 10.8 Å². The van der Waals surface area contributed by atoms with E-state index in [2.05, 4.69) is 24.1 Å². The quantitative estimate of drug-likeness (QED) is 0.0317. The summed E-state index contributed by atoms with van der Waals surface area (Å²) in [5.41, 5.74) is 1.09. The molecule has 0 saturated carbocycles. The van der Waals surface area contributed by atoms with Gasteiger partial charge in [-0.2, -0.15) is 0 Å². The topological polar surface area (TPSA) is 150 Å². The molecule has 1 saturated heterocycles. The van der Waals surface area contributed by atoms with E-state index in [0.29, 0.717) is 30.9 Å². The molecule has 1 aromatic heterocycles. The van der Waals surface area contributed by atoms with Gasteiger partial charge in [0.15, 0.2) is 0 Å². The SMILES string of the molecule is COc1ccc(C(OC[C@H]2O[C@@H](n3cc(C)c(=O)[nH]c3=O)C[C@@H]2OCSSC(C)(C)CCOC(=O)NCCCCCCO)(c2ccccc2)c2ccccc2)cc1. The van der Waals surface area contributed by atoms with Crippen molar-refractivity contribution in [3.63, 3.8) is 0 Å². The highest BCUT2D eigenvalue weighted by molar-refractivity contribution is 8.77. The second kappa shape index (κ2) is 21.6. The number of aliphatic hydroxyl groups excluding tert-OH is 1. The lowest BCUT2D eigenvalue weighted by Crippen LogP contribution is -2.38. The van der Waals surface area contributed by atoms with E-state index < -0.39 is 41.4 Å². The van der Waals surface area contributed by atoms with E-state index in [-0.39, 0.29) is 24.6 Å². The molecular formula is C43H55N3O9S2. The van der Waals surface area contributed by atoms with E-state index in [4.69, 9.17) is 28.8 Å². The Labute approximate surface area is 342 Å². The van der Waals surface area contributed by atoms with Crippen LogP contribution in [0.4, 0.5) is 4.79 Å². The fourth-order valence-corrected chi connectivity index (χ4v) is 8.97. The summed E-state index contributed by atoms with van der Waals surface area (Å²) in [6, 6.07) is 27.9. The molecule has 3 atom stereocenters. The fourth-order valence-electron chi connectivity index (χ4n) is 6.69. The Morgan fingerprint density at radius 2 is 1.60 bits per heavy atom. The fraction of sp³-hybridized carbons (Fsp3) is 0.465. The Bertz CT molecular complexity index is 1900. The van der Waals surface area contributed by atoms with Gasteiger partial charge in [0, 0.05) is 36.1 Å². The number of hydrogen-bond donors (Lipinski definition) is 3. The summed E-state index contributed by atoms with van der Waals surface area (Å²) >= 11 is 0. The lowest BCUT2D eigenvalue weighted by atomic mass is 9.80. The summed E-state index contributed by atoms with van der Waals surface area (Å²) in [6.07, 6.45) is 3.85. The summed E-state index contributed by atoms with van der Waals surface area (Å²) in [7, 11) is 4.83. The van der Waals surface area contributed by atoms with Crippen LogP contribution in [0, 0.1) is 6.92 Å². The third-order valence-corrected chi connectivity index (χ3v) is 12.9. The largest absolute Gasteiger partial charge is 0.497 e. The standard InChI is InChI=1S/C43H55N3O9S2/c1-31-28-46(40(49)45-39(31)48)38-27-36(53-30-56-57-42(2,3)23-26-52-41(50)44-24-13-5-6-14-25-47)37(55-38)29-54-43(32-15-9-7-10-16-32,33-17-11-8-12-18-33)34-19-21-35(51-4)22-20-34/h7-12,15-22,28,36-38,47H,5-6,13-14,23-27,29-30H2,1-4H3,(H,44,50)(H,45,48,49)/t36-,37+,38+/m0/s1. The van der Waals surface area contributed by atoms with Crippen molar-refractivity contribution < 1.29 is 33.6 Å². The number of unbranched alkanes of at least 4 members (excludes halogenated alkanes) is 3. The summed E-state index contributed by atoms with van der Waals surface area (Å²) in [6.45, 7) is 6.96. The molecule has 0 bridgehead atoms. The first kappa shape index (κ1) is 44.1. The van der Waals surface area contributed by atoms with E-state index in [1.54, 1.807) is 35.6 Å². The third-order valence-electron chi connectivity index (χ3n) is 9.86. The molecule has 308 valence electrons. The molecule has 12 nitrogen and oxygen atoms in total. The summed E-state index contributed by atoms with van der Waals surface area (Å²) in [5.74, 6) is 1.04. The maximum Gasteiger partial charge on any atom is 0.407 e. The minimum absolute atomic E-state index is 0.111. The molecule has 0 aliphatic carbocycles. The Morgan fingerprint density at radius 3 is 2.25 bits per heavy atom. The van der Waals surface area contributed by atoms with Crippen LogP contribution in [0.3, 0.4) is 0 Å². The number of aromatic amines is 1. The van der Waals surface area contributed by atoms with Crippen molar-refractivity contribution in [3.8, 4) is 5.75 Å². The molecule has 0 unspecified atom stereocenters. The first-order valence-electron chi connectivity index (χ1n) is 19.4. The van der Waals surface area contributed by atoms with Crippen LogP contribution in [0.15, 0.2) is 101 Å². The summed E-state index contributed by atoms with van der Waals surface area (Å²) < 4.78 is 32.4. The normalized spacial score (nSPS) is 17.0. The van der Waals surface area contributed by atoms with Crippen molar-refractivity contribution in [1.29, 1.82) is 0 Å². The zero-order chi connectivity index (χ0) is 40.7. The smallest absolute Gasteiger partial charge is 0.407 e. The first-order chi connectivity index (χ1) is 27.6. The van der Waals surface area contributed by atoms with Gasteiger partial charge in [0.05, 0.1) is 26.4 Å². The maximum atomic E-state index is 13.0. The van der Waals surface area contributed by atoms with Crippen LogP contribution in [0.5, 0.6) is 5.75 Å². The highest BCUT2D eigenvalue weighted by Crippen LogP contribution is 2.43. The molecule has 1 fully saturated rings. The molecule has 3 N–H and O–H groups in total. The number of carbonyl (C=O) groups is 1. The third kappa shape index (κ3) is 12.2. The molecule has 14 heteroatoms. The van der Waals surface area contributed by atoms with Gasteiger partial charge < -0.3 is 34.1 Å². The molecule has 1 amide bonds. The van der Waals surface area contributed by atoms with Gasteiger partial charge in [0.2, 0.25) is 0 Å². The molecule has 1 aliphatic rings. The number of amides is 1. The van der Waals surface area contributed by atoms with Crippen LogP contribution in [0.2, 0.25) is 0 Å². The Balaban J connectivity index is 1.29. The average molecular weight is 822 g/mol. The molecule has 0 spiro atoms. The van der Waals surface area contributed by atoms with Gasteiger partial charge in [0.25, 0.3) is 5.56 Å². The van der Waals surface area contributed by atoms with E-state index in [0.717, 1.165) is 48.1 Å². The number of alkyl carbamates (subject to hydrolysis) is 1. The van der Waals surface area contributed by atoms with Crippen molar-refractivity contribution in [3.05, 3.63) is 134 Å². The van der Waals surface area contributed by atoms with Gasteiger partial charge in [-0.15, -0.1) is 0 Å². The predicted molar refractivity (Wildman–Crippen MR) is 225 cm³/mol. The van der Waals surface area contributed by atoms with Crippen molar-refractivity contribution in [2.75, 3.05) is 39.4 Å². The van der Waals surface area contributed by atoms with Crippen molar-refractivity contribution in [1.82, 2.24) is 14.9 Å². The van der Waals surface area contributed by atoms with Crippen molar-refractivity contribution in [2.24, 2.45) is 0 Å². The zero-order valence-corrected chi connectivity index (χ0v) is 34.8. The molecular weight excluding hydrogens is 767 g/mol. The van der Waals surface area contributed by atoms with E-state index >= 15 is 0 Å². The zero-order valence-electron chi connectivity index (χ0n) is 33.1. The molecule has 57 heavy (non-hydrogen) atoms. The molecule has 2 heterocycles. The average Bonchev–Trinajstić information content (AvgIpc) is 3.62. The van der Waals surface area contributed by atoms with Crippen LogP contribution in [0.25, 0.3) is 0 Å². The second-order valence-electron chi connectivity index (χ2n) is 14.5. The van der Waals surface area contributed by atoms with Gasteiger partial charge >= 0.3 is 11.8 Å². The molecule has 5 rings (SSSR count). The number of nitrogens with zero attached hydrogens (tertiary/aromatic N) is 1. The van der Waals surface area contributed by atoms with Crippen LogP contribution >= 0.6 is 21.6 Å². The number of benzene rings is 3. The van der Waals surface area contributed by atoms with Gasteiger partial charge in [-0.1, -0.05) is 107 Å². The van der Waals surface area contributed by atoms with Crippen LogP contribution in [-0.4, -0.2) is 77.1 Å². The monoisotopic (exact) mass is 821 g/mol. The number of aliphatic hydroxyl groups is 1. The number of nitrogens with one attached hydrogen (secondary N) is 2. The van der Waals surface area contributed by atoms with Gasteiger partial charge in [-0.3, -0.25) is 14.3 Å². The minimum atomic E-state index is -1.04. The van der Waals surface area contributed by atoms with E-state index in [9.17, 15) is 14.4 Å². The number of hydrogen-bond acceptors (Lipinski definition) is 11. The van der Waals surface area contributed by atoms with E-state index in [1.807, 2.05) is 84.9 Å². The Kier molecular flexibility index (Phi) is 16.7. The molecule has 4 aromatic rings. The predicted octanol–water partition coefficient (Wildman–Crippen LogP) is 7.32. The number of methoxy groups -OCH3 is 1. The van der Waals surface area contributed by atoms with Gasteiger partial charge in [-0.25, -0.2) is 9.59 Å². The highest BCUT2D eigenvalue weighted by Gasteiger charge is 2.43. The molecule has 0 radical (unpaired) electrons. The highest BCUT2D eigenvalue weighted by atomic mass is 33.1. The number of H-pyrrole nitrogens is 1. The van der Waals surface area contributed by atoms with Gasteiger partial charge in [-0.05, 0) is 68.9 Å². The van der Waals surface area contributed by atoms with Crippen LogP contribution < -0.4 is 21.3 Å². The minimum Gasteiger partial charge on any atom is -0.497 e. The summed E-state index contributed by atoms with van der Waals surface area (Å²) in [5, 5.41) is 11.7.